The number of carbonyl (C=O) groups is 2. The van der Waals surface area contributed by atoms with Crippen LogP contribution >= 0.6 is 0 Å². The highest BCUT2D eigenvalue weighted by Gasteiger charge is 2.42. The van der Waals surface area contributed by atoms with Gasteiger partial charge in [0.25, 0.3) is 0 Å². The Balaban J connectivity index is 1.79. The Hall–Kier alpha value is -2.04. The highest BCUT2D eigenvalue weighted by Crippen LogP contribution is 2.34. The van der Waals surface area contributed by atoms with Crippen LogP contribution in [0.5, 0.6) is 0 Å². The Morgan fingerprint density at radius 3 is 2.23 bits per heavy atom. The van der Waals surface area contributed by atoms with Crippen LogP contribution in [0.25, 0.3) is 0 Å². The Morgan fingerprint density at radius 1 is 0.962 bits per heavy atom. The van der Waals surface area contributed by atoms with Crippen LogP contribution < -0.4 is 5.32 Å². The van der Waals surface area contributed by atoms with Gasteiger partial charge in [-0.3, -0.25) is 4.79 Å². The standard InChI is InChI=1S/C21H31N3O2/c1-21(2,3)22-20(26)24-14-17(16-10-6-4-7-11-16)18(15-24)19(25)23-12-8-5-9-13-23/h4,6-7,10-11,17-18H,5,8-9,12-15H2,1-3H3,(H,22,26). The van der Waals surface area contributed by atoms with Crippen LogP contribution in [0.1, 0.15) is 51.5 Å². The van der Waals surface area contributed by atoms with Crippen molar-refractivity contribution >= 4 is 11.9 Å². The normalized spacial score (nSPS) is 23.8. The molecule has 0 aromatic heterocycles. The molecule has 2 fully saturated rings. The predicted octanol–water partition coefficient (Wildman–Crippen LogP) is 3.22. The fourth-order valence-corrected chi connectivity index (χ4v) is 4.01. The number of urea groups is 1. The minimum atomic E-state index is -0.283. The van der Waals surface area contributed by atoms with Crippen LogP contribution in [0.15, 0.2) is 30.3 Å². The monoisotopic (exact) mass is 357 g/mol. The van der Waals surface area contributed by atoms with Gasteiger partial charge in [-0.2, -0.15) is 0 Å². The van der Waals surface area contributed by atoms with Crippen molar-refractivity contribution in [2.24, 2.45) is 5.92 Å². The first-order valence-corrected chi connectivity index (χ1v) is 9.76. The lowest BCUT2D eigenvalue weighted by molar-refractivity contribution is -0.136. The number of benzene rings is 1. The average molecular weight is 357 g/mol. The van der Waals surface area contributed by atoms with Gasteiger partial charge in [-0.25, -0.2) is 4.79 Å². The third-order valence-electron chi connectivity index (χ3n) is 5.30. The van der Waals surface area contributed by atoms with Crippen molar-refractivity contribution in [3.05, 3.63) is 35.9 Å². The van der Waals surface area contributed by atoms with Gasteiger partial charge in [0.1, 0.15) is 0 Å². The number of rotatable bonds is 2. The third kappa shape index (κ3) is 4.37. The summed E-state index contributed by atoms with van der Waals surface area (Å²) in [6.07, 6.45) is 3.38. The van der Waals surface area contributed by atoms with Gasteiger partial charge >= 0.3 is 6.03 Å². The van der Waals surface area contributed by atoms with Crippen molar-refractivity contribution in [1.82, 2.24) is 15.1 Å². The largest absolute Gasteiger partial charge is 0.342 e. The van der Waals surface area contributed by atoms with Gasteiger partial charge in [-0.05, 0) is 45.6 Å². The van der Waals surface area contributed by atoms with E-state index in [1.165, 1.54) is 6.42 Å². The summed E-state index contributed by atoms with van der Waals surface area (Å²) in [4.78, 5) is 29.7. The minimum absolute atomic E-state index is 0.0661. The van der Waals surface area contributed by atoms with E-state index in [0.717, 1.165) is 31.5 Å². The van der Waals surface area contributed by atoms with Crippen LogP contribution in [0.4, 0.5) is 4.79 Å². The van der Waals surface area contributed by atoms with Crippen LogP contribution in [0, 0.1) is 5.92 Å². The Kier molecular flexibility index (Phi) is 5.54. The summed E-state index contributed by atoms with van der Waals surface area (Å²) in [5, 5.41) is 3.03. The highest BCUT2D eigenvalue weighted by molar-refractivity contribution is 5.83. The van der Waals surface area contributed by atoms with E-state index in [1.54, 1.807) is 0 Å². The van der Waals surface area contributed by atoms with Crippen molar-refractivity contribution < 1.29 is 9.59 Å². The molecule has 2 saturated heterocycles. The number of hydrogen-bond acceptors (Lipinski definition) is 2. The molecule has 5 nitrogen and oxygen atoms in total. The van der Waals surface area contributed by atoms with Crippen molar-refractivity contribution in [2.75, 3.05) is 26.2 Å². The van der Waals surface area contributed by atoms with Gasteiger partial charge < -0.3 is 15.1 Å². The molecule has 0 bridgehead atoms. The molecule has 2 heterocycles. The number of carbonyl (C=O) groups excluding carboxylic acids is 2. The van der Waals surface area contributed by atoms with E-state index in [0.29, 0.717) is 13.1 Å². The maximum absolute atomic E-state index is 13.2. The van der Waals surface area contributed by atoms with Gasteiger partial charge in [0, 0.05) is 37.6 Å². The lowest BCUT2D eigenvalue weighted by Crippen LogP contribution is -2.48. The van der Waals surface area contributed by atoms with Crippen molar-refractivity contribution in [3.63, 3.8) is 0 Å². The SMILES string of the molecule is CC(C)(C)NC(=O)N1CC(C(=O)N2CCCCC2)C(c2ccccc2)C1. The first-order chi connectivity index (χ1) is 12.3. The number of amides is 3. The zero-order valence-corrected chi connectivity index (χ0v) is 16.2. The Morgan fingerprint density at radius 2 is 1.62 bits per heavy atom. The summed E-state index contributed by atoms with van der Waals surface area (Å²) in [7, 11) is 0. The number of likely N-dealkylation sites (tertiary alicyclic amines) is 2. The van der Waals surface area contributed by atoms with Crippen molar-refractivity contribution in [1.29, 1.82) is 0 Å². The van der Waals surface area contributed by atoms with Gasteiger partial charge in [-0.1, -0.05) is 30.3 Å². The highest BCUT2D eigenvalue weighted by atomic mass is 16.2. The van der Waals surface area contributed by atoms with Crippen LogP contribution in [-0.2, 0) is 4.79 Å². The van der Waals surface area contributed by atoms with Crippen LogP contribution in [0.3, 0.4) is 0 Å². The molecule has 2 atom stereocenters. The van der Waals surface area contributed by atoms with Gasteiger partial charge in [0.05, 0.1) is 5.92 Å². The summed E-state index contributed by atoms with van der Waals surface area (Å²) in [6.45, 7) is 8.73. The van der Waals surface area contributed by atoms with E-state index in [2.05, 4.69) is 17.4 Å². The molecule has 0 aliphatic carbocycles. The summed E-state index contributed by atoms with van der Waals surface area (Å²) in [5.41, 5.74) is 0.864. The molecule has 0 saturated carbocycles. The molecule has 0 spiro atoms. The second-order valence-electron chi connectivity index (χ2n) is 8.59. The van der Waals surface area contributed by atoms with Crippen molar-refractivity contribution in [3.8, 4) is 0 Å². The molecule has 26 heavy (non-hydrogen) atoms. The fourth-order valence-electron chi connectivity index (χ4n) is 4.01. The molecular weight excluding hydrogens is 326 g/mol. The third-order valence-corrected chi connectivity index (χ3v) is 5.30. The van der Waals surface area contributed by atoms with E-state index < -0.39 is 0 Å². The zero-order valence-electron chi connectivity index (χ0n) is 16.2. The fraction of sp³-hybridized carbons (Fsp3) is 0.619. The second-order valence-corrected chi connectivity index (χ2v) is 8.59. The first-order valence-electron chi connectivity index (χ1n) is 9.76. The van der Waals surface area contributed by atoms with Gasteiger partial charge in [0.2, 0.25) is 5.91 Å². The molecule has 2 unspecified atom stereocenters. The predicted molar refractivity (Wildman–Crippen MR) is 103 cm³/mol. The number of hydrogen-bond donors (Lipinski definition) is 1. The lowest BCUT2D eigenvalue weighted by atomic mass is 9.87. The summed E-state index contributed by atoms with van der Waals surface area (Å²) in [5.74, 6) is 0.127. The Labute approximate surface area is 156 Å². The van der Waals surface area contributed by atoms with Gasteiger partial charge in [-0.15, -0.1) is 0 Å². The molecule has 1 aromatic carbocycles. The van der Waals surface area contributed by atoms with E-state index in [-0.39, 0.29) is 29.3 Å². The molecular formula is C21H31N3O2. The van der Waals surface area contributed by atoms with E-state index in [9.17, 15) is 9.59 Å². The molecule has 1 N–H and O–H groups in total. The molecule has 1 aromatic rings. The topological polar surface area (TPSA) is 52.7 Å². The second kappa shape index (κ2) is 7.68. The summed E-state index contributed by atoms with van der Waals surface area (Å²) >= 11 is 0. The zero-order chi connectivity index (χ0) is 18.7. The number of nitrogens with zero attached hydrogens (tertiary/aromatic N) is 2. The Bertz CT molecular complexity index is 632. The molecule has 2 aliphatic heterocycles. The number of nitrogens with one attached hydrogen (secondary N) is 1. The van der Waals surface area contributed by atoms with Crippen LogP contribution in [-0.4, -0.2) is 53.5 Å². The molecule has 5 heteroatoms. The summed E-state index contributed by atoms with van der Waals surface area (Å²) in [6, 6.07) is 10.1. The first kappa shape index (κ1) is 18.7. The molecule has 3 amide bonds. The maximum atomic E-state index is 13.2. The van der Waals surface area contributed by atoms with Crippen LogP contribution in [0.2, 0.25) is 0 Å². The number of piperidine rings is 1. The lowest BCUT2D eigenvalue weighted by Gasteiger charge is -2.31. The van der Waals surface area contributed by atoms with E-state index in [4.69, 9.17) is 0 Å². The smallest absolute Gasteiger partial charge is 0.317 e. The molecule has 142 valence electrons. The van der Waals surface area contributed by atoms with Gasteiger partial charge in [0.15, 0.2) is 0 Å². The van der Waals surface area contributed by atoms with E-state index >= 15 is 0 Å². The minimum Gasteiger partial charge on any atom is -0.342 e. The maximum Gasteiger partial charge on any atom is 0.317 e. The van der Waals surface area contributed by atoms with Crippen molar-refractivity contribution in [2.45, 2.75) is 51.5 Å². The molecule has 0 radical (unpaired) electrons. The average Bonchev–Trinajstić information content (AvgIpc) is 3.07. The van der Waals surface area contributed by atoms with E-state index in [1.807, 2.05) is 48.8 Å². The molecule has 2 aliphatic rings. The molecule has 3 rings (SSSR count). The quantitative estimate of drug-likeness (QED) is 0.883. The summed E-state index contributed by atoms with van der Waals surface area (Å²) < 4.78 is 0.